The molecule has 2 N–H and O–H groups in total. The van der Waals surface area contributed by atoms with E-state index in [4.69, 9.17) is 0 Å². The zero-order valence-electron chi connectivity index (χ0n) is 8.79. The van der Waals surface area contributed by atoms with Crippen LogP contribution in [0.3, 0.4) is 0 Å². The van der Waals surface area contributed by atoms with E-state index < -0.39 is 0 Å². The highest BCUT2D eigenvalue weighted by Crippen LogP contribution is 2.24. The van der Waals surface area contributed by atoms with Crippen molar-refractivity contribution >= 4 is 22.4 Å². The van der Waals surface area contributed by atoms with Gasteiger partial charge in [-0.2, -0.15) is 0 Å². The Morgan fingerprint density at radius 2 is 1.62 bits per heavy atom. The highest BCUT2D eigenvalue weighted by Gasteiger charge is 2.14. The first kappa shape index (κ1) is 9.21. The smallest absolute Gasteiger partial charge is 0.253 e. The first-order chi connectivity index (χ1) is 7.84. The molecule has 1 aliphatic heterocycles. The van der Waals surface area contributed by atoms with Crippen LogP contribution in [0.2, 0.25) is 0 Å². The fourth-order valence-corrected chi connectivity index (χ4v) is 2.04. The second-order valence-electron chi connectivity index (χ2n) is 3.93. The lowest BCUT2D eigenvalue weighted by Crippen LogP contribution is -2.24. The van der Waals surface area contributed by atoms with Crippen molar-refractivity contribution in [2.45, 2.75) is 0 Å². The van der Waals surface area contributed by atoms with E-state index in [2.05, 4.69) is 16.7 Å². The Morgan fingerprint density at radius 1 is 0.938 bits per heavy atom. The molecule has 0 spiro atoms. The zero-order valence-corrected chi connectivity index (χ0v) is 8.79. The molecule has 0 atom stereocenters. The van der Waals surface area contributed by atoms with Crippen LogP contribution in [0.1, 0.15) is 10.4 Å². The van der Waals surface area contributed by atoms with Crippen LogP contribution in [0, 0.1) is 0 Å². The second-order valence-corrected chi connectivity index (χ2v) is 3.93. The quantitative estimate of drug-likeness (QED) is 0.701. The molecule has 1 amide bonds. The van der Waals surface area contributed by atoms with E-state index in [1.165, 1.54) is 0 Å². The monoisotopic (exact) mass is 212 g/mol. The molecule has 0 saturated heterocycles. The van der Waals surface area contributed by atoms with Crippen molar-refractivity contribution in [3.63, 3.8) is 0 Å². The summed E-state index contributed by atoms with van der Waals surface area (Å²) in [4.78, 5) is 11.8. The van der Waals surface area contributed by atoms with Gasteiger partial charge in [-0.05, 0) is 22.9 Å². The summed E-state index contributed by atoms with van der Waals surface area (Å²) in [5.74, 6) is 0.00533. The van der Waals surface area contributed by atoms with E-state index in [9.17, 15) is 4.79 Å². The van der Waals surface area contributed by atoms with Gasteiger partial charge >= 0.3 is 0 Å². The minimum Gasteiger partial charge on any atom is -0.383 e. The number of amides is 1. The molecule has 1 aliphatic rings. The minimum absolute atomic E-state index is 0.00533. The molecule has 16 heavy (non-hydrogen) atoms. The maximum Gasteiger partial charge on any atom is 0.253 e. The molecule has 80 valence electrons. The standard InChI is InChI=1S/C13H12N2O/c16-13-11-7-9-3-1-2-4-10(9)8-12(11)14-5-6-15-13/h1-4,7-8,14H,5-6H2,(H,15,16). The normalized spacial score (nSPS) is 14.9. The van der Waals surface area contributed by atoms with Gasteiger partial charge in [0.15, 0.2) is 0 Å². The van der Waals surface area contributed by atoms with Crippen molar-refractivity contribution in [2.24, 2.45) is 0 Å². The number of anilines is 1. The van der Waals surface area contributed by atoms with Gasteiger partial charge in [-0.15, -0.1) is 0 Å². The topological polar surface area (TPSA) is 41.1 Å². The van der Waals surface area contributed by atoms with Gasteiger partial charge in [0.25, 0.3) is 5.91 Å². The van der Waals surface area contributed by atoms with Gasteiger partial charge in [-0.25, -0.2) is 0 Å². The molecule has 3 rings (SSSR count). The van der Waals surface area contributed by atoms with Crippen LogP contribution >= 0.6 is 0 Å². The number of hydrogen-bond acceptors (Lipinski definition) is 2. The lowest BCUT2D eigenvalue weighted by Gasteiger charge is -2.07. The summed E-state index contributed by atoms with van der Waals surface area (Å²) in [6.45, 7) is 1.45. The third-order valence-corrected chi connectivity index (χ3v) is 2.86. The van der Waals surface area contributed by atoms with Crippen molar-refractivity contribution in [1.29, 1.82) is 0 Å². The molecule has 2 aromatic carbocycles. The van der Waals surface area contributed by atoms with Gasteiger partial charge in [0, 0.05) is 18.8 Å². The summed E-state index contributed by atoms with van der Waals surface area (Å²) in [6.07, 6.45) is 0. The van der Waals surface area contributed by atoms with E-state index >= 15 is 0 Å². The maximum absolute atomic E-state index is 11.8. The average Bonchev–Trinajstić information content (AvgIpc) is 2.49. The van der Waals surface area contributed by atoms with Crippen molar-refractivity contribution in [1.82, 2.24) is 5.32 Å². The van der Waals surface area contributed by atoms with Crippen LogP contribution in [-0.2, 0) is 0 Å². The summed E-state index contributed by atoms with van der Waals surface area (Å²) in [7, 11) is 0. The van der Waals surface area contributed by atoms with Crippen molar-refractivity contribution in [2.75, 3.05) is 18.4 Å². The summed E-state index contributed by atoms with van der Waals surface area (Å²) in [5.41, 5.74) is 1.66. The molecule has 2 aromatic rings. The highest BCUT2D eigenvalue weighted by molar-refractivity contribution is 6.04. The van der Waals surface area contributed by atoms with Crippen molar-refractivity contribution in [3.05, 3.63) is 42.0 Å². The van der Waals surface area contributed by atoms with Gasteiger partial charge in [-0.1, -0.05) is 24.3 Å². The molecule has 0 saturated carbocycles. The average molecular weight is 212 g/mol. The fourth-order valence-electron chi connectivity index (χ4n) is 2.04. The lowest BCUT2D eigenvalue weighted by molar-refractivity contribution is 0.0958. The molecule has 0 unspecified atom stereocenters. The van der Waals surface area contributed by atoms with Crippen molar-refractivity contribution < 1.29 is 4.79 Å². The van der Waals surface area contributed by atoms with Gasteiger partial charge in [0.05, 0.1) is 5.56 Å². The molecule has 3 nitrogen and oxygen atoms in total. The third-order valence-electron chi connectivity index (χ3n) is 2.86. The van der Waals surface area contributed by atoms with E-state index in [-0.39, 0.29) is 5.91 Å². The molecular weight excluding hydrogens is 200 g/mol. The van der Waals surface area contributed by atoms with Crippen LogP contribution in [0.5, 0.6) is 0 Å². The second kappa shape index (κ2) is 3.52. The van der Waals surface area contributed by atoms with E-state index in [1.807, 2.05) is 30.3 Å². The minimum atomic E-state index is 0.00533. The summed E-state index contributed by atoms with van der Waals surface area (Å²) < 4.78 is 0. The maximum atomic E-state index is 11.8. The number of benzene rings is 2. The highest BCUT2D eigenvalue weighted by atomic mass is 16.1. The van der Waals surface area contributed by atoms with E-state index in [1.54, 1.807) is 0 Å². The summed E-state index contributed by atoms with van der Waals surface area (Å²) in [5, 5.41) is 8.38. The Morgan fingerprint density at radius 3 is 2.44 bits per heavy atom. The molecule has 0 aliphatic carbocycles. The number of hydrogen-bond donors (Lipinski definition) is 2. The van der Waals surface area contributed by atoms with Crippen molar-refractivity contribution in [3.8, 4) is 0 Å². The van der Waals surface area contributed by atoms with Crippen LogP contribution < -0.4 is 10.6 Å². The number of carbonyl (C=O) groups excluding carboxylic acids is 1. The molecular formula is C13H12N2O. The van der Waals surface area contributed by atoms with Gasteiger partial charge in [-0.3, -0.25) is 4.79 Å². The molecule has 0 fully saturated rings. The first-order valence-electron chi connectivity index (χ1n) is 5.39. The Kier molecular flexibility index (Phi) is 2.03. The summed E-state index contributed by atoms with van der Waals surface area (Å²) in [6, 6.07) is 12.0. The van der Waals surface area contributed by atoms with Gasteiger partial charge in [0.2, 0.25) is 0 Å². The fraction of sp³-hybridized carbons (Fsp3) is 0.154. The zero-order chi connectivity index (χ0) is 11.0. The van der Waals surface area contributed by atoms with E-state index in [0.717, 1.165) is 28.6 Å². The predicted molar refractivity (Wildman–Crippen MR) is 64.8 cm³/mol. The molecule has 0 aromatic heterocycles. The predicted octanol–water partition coefficient (Wildman–Crippen LogP) is 2.00. The van der Waals surface area contributed by atoms with Crippen LogP contribution in [0.25, 0.3) is 10.8 Å². The Hall–Kier alpha value is -2.03. The Labute approximate surface area is 93.5 Å². The molecule has 3 heteroatoms. The molecule has 0 bridgehead atoms. The Balaban J connectivity index is 2.27. The third kappa shape index (κ3) is 1.41. The lowest BCUT2D eigenvalue weighted by atomic mass is 10.0. The number of rotatable bonds is 0. The SMILES string of the molecule is O=C1NCCNc2cc3ccccc3cc21. The van der Waals surface area contributed by atoms with Crippen LogP contribution in [-0.4, -0.2) is 19.0 Å². The van der Waals surface area contributed by atoms with Gasteiger partial charge in [0.1, 0.15) is 0 Å². The molecule has 1 heterocycles. The summed E-state index contributed by atoms with van der Waals surface area (Å²) >= 11 is 0. The number of fused-ring (bicyclic) bond motifs is 2. The number of carbonyl (C=O) groups is 1. The number of nitrogens with one attached hydrogen (secondary N) is 2. The van der Waals surface area contributed by atoms with Crippen LogP contribution in [0.15, 0.2) is 36.4 Å². The molecule has 0 radical (unpaired) electrons. The van der Waals surface area contributed by atoms with Gasteiger partial charge < -0.3 is 10.6 Å². The largest absolute Gasteiger partial charge is 0.383 e. The van der Waals surface area contributed by atoms with Crippen LogP contribution in [0.4, 0.5) is 5.69 Å². The Bertz CT molecular complexity index is 563. The van der Waals surface area contributed by atoms with E-state index in [0.29, 0.717) is 6.54 Å². The first-order valence-corrected chi connectivity index (χ1v) is 5.39.